The minimum absolute atomic E-state index is 0.199. The van der Waals surface area contributed by atoms with Crippen LogP contribution in [0.2, 0.25) is 0 Å². The maximum Gasteiger partial charge on any atom is 0.255 e. The summed E-state index contributed by atoms with van der Waals surface area (Å²) in [6.07, 6.45) is 0. The fourth-order valence-corrected chi connectivity index (χ4v) is 6.59. The number of rotatable bonds is 7. The van der Waals surface area contributed by atoms with E-state index >= 15 is 0 Å². The van der Waals surface area contributed by atoms with Crippen molar-refractivity contribution >= 4 is 43.9 Å². The van der Waals surface area contributed by atoms with Gasteiger partial charge in [-0.15, -0.1) is 10.2 Å². The first-order valence-corrected chi connectivity index (χ1v) is 15.0. The number of hydrogen-bond donors (Lipinski definition) is 2. The summed E-state index contributed by atoms with van der Waals surface area (Å²) in [7, 11) is -3.69. The predicted molar refractivity (Wildman–Crippen MR) is 163 cm³/mol. The molecule has 9 nitrogen and oxygen atoms in total. The van der Waals surface area contributed by atoms with Crippen LogP contribution in [0.15, 0.2) is 102 Å². The Labute approximate surface area is 244 Å². The minimum Gasteiger partial charge on any atom is -0.379 e. The Kier molecular flexibility index (Phi) is 7.66. The fraction of sp³-hybridized carbons (Fsp3) is 0.156. The molecule has 42 heavy (non-hydrogen) atoms. The van der Waals surface area contributed by atoms with E-state index in [-0.39, 0.29) is 10.8 Å². The third-order valence-electron chi connectivity index (χ3n) is 7.18. The van der Waals surface area contributed by atoms with E-state index in [2.05, 4.69) is 20.8 Å². The molecular formula is C32H29N5O4S. The third kappa shape index (κ3) is 5.60. The van der Waals surface area contributed by atoms with Gasteiger partial charge in [0.2, 0.25) is 10.0 Å². The zero-order valence-corrected chi connectivity index (χ0v) is 23.8. The molecule has 0 bridgehead atoms. The number of fused-ring (bicyclic) bond motifs is 1. The van der Waals surface area contributed by atoms with Crippen LogP contribution in [-0.4, -0.2) is 55.1 Å². The Balaban J connectivity index is 1.28. The minimum atomic E-state index is -3.69. The van der Waals surface area contributed by atoms with Crippen molar-refractivity contribution in [2.45, 2.75) is 11.8 Å². The molecule has 1 aliphatic heterocycles. The summed E-state index contributed by atoms with van der Waals surface area (Å²) < 4.78 is 33.8. The molecule has 0 aliphatic carbocycles. The van der Waals surface area contributed by atoms with Crippen molar-refractivity contribution in [3.05, 3.63) is 108 Å². The van der Waals surface area contributed by atoms with Crippen LogP contribution < -0.4 is 10.6 Å². The van der Waals surface area contributed by atoms with Crippen LogP contribution in [0.5, 0.6) is 0 Å². The van der Waals surface area contributed by atoms with E-state index in [0.717, 1.165) is 22.1 Å². The van der Waals surface area contributed by atoms with Crippen molar-refractivity contribution in [3.63, 3.8) is 0 Å². The Hall–Kier alpha value is -4.64. The van der Waals surface area contributed by atoms with Crippen LogP contribution in [0.25, 0.3) is 22.0 Å². The SMILES string of the molecule is Cc1ccc(-c2nnc(Nc3ccc(C(=O)Nc4ccccc4)cc3)c3ccccc23)cc1S(=O)(=O)N1CCOCC1. The van der Waals surface area contributed by atoms with Crippen LogP contribution in [0.4, 0.5) is 17.2 Å². The van der Waals surface area contributed by atoms with E-state index in [1.807, 2.05) is 72.8 Å². The summed E-state index contributed by atoms with van der Waals surface area (Å²) in [4.78, 5) is 12.9. The molecule has 5 aromatic rings. The van der Waals surface area contributed by atoms with Crippen LogP contribution >= 0.6 is 0 Å². The van der Waals surface area contributed by atoms with Crippen molar-refractivity contribution in [1.29, 1.82) is 0 Å². The summed E-state index contributed by atoms with van der Waals surface area (Å²) in [6, 6.07) is 29.5. The highest BCUT2D eigenvalue weighted by molar-refractivity contribution is 7.89. The molecule has 6 rings (SSSR count). The molecule has 1 aliphatic rings. The summed E-state index contributed by atoms with van der Waals surface area (Å²) in [5, 5.41) is 16.8. The molecule has 0 atom stereocenters. The number of anilines is 3. The van der Waals surface area contributed by atoms with Gasteiger partial charge in [0.25, 0.3) is 5.91 Å². The highest BCUT2D eigenvalue weighted by Crippen LogP contribution is 2.33. The average Bonchev–Trinajstić information content (AvgIpc) is 3.03. The van der Waals surface area contributed by atoms with E-state index < -0.39 is 10.0 Å². The predicted octanol–water partition coefficient (Wildman–Crippen LogP) is 5.62. The van der Waals surface area contributed by atoms with Gasteiger partial charge in [0.05, 0.1) is 18.1 Å². The molecule has 1 aromatic heterocycles. The number of hydrogen-bond acceptors (Lipinski definition) is 7. The summed E-state index contributed by atoms with van der Waals surface area (Å²) in [6.45, 7) is 3.21. The molecule has 1 amide bonds. The standard InChI is InChI=1S/C32H29N5O4S/c1-22-11-12-24(21-29(22)42(39,40)37-17-19-41-20-18-37)30-27-9-5-6-10-28(27)31(36-35-30)33-26-15-13-23(14-16-26)32(38)34-25-7-3-2-4-8-25/h2-16,21H,17-20H2,1H3,(H,33,36)(H,34,38). The van der Waals surface area contributed by atoms with Gasteiger partial charge in [0.1, 0.15) is 5.69 Å². The van der Waals surface area contributed by atoms with Gasteiger partial charge in [0, 0.05) is 46.4 Å². The van der Waals surface area contributed by atoms with Gasteiger partial charge in [-0.1, -0.05) is 54.6 Å². The maximum absolute atomic E-state index is 13.5. The van der Waals surface area contributed by atoms with Crippen LogP contribution in [-0.2, 0) is 14.8 Å². The number of nitrogens with one attached hydrogen (secondary N) is 2. The smallest absolute Gasteiger partial charge is 0.255 e. The van der Waals surface area contributed by atoms with Gasteiger partial charge >= 0.3 is 0 Å². The average molecular weight is 580 g/mol. The Morgan fingerprint density at radius 1 is 0.810 bits per heavy atom. The number of para-hydroxylation sites is 1. The van der Waals surface area contributed by atoms with Crippen molar-refractivity contribution in [2.75, 3.05) is 36.9 Å². The topological polar surface area (TPSA) is 114 Å². The van der Waals surface area contributed by atoms with E-state index in [1.165, 1.54) is 4.31 Å². The fourth-order valence-electron chi connectivity index (χ4n) is 4.93. The second-order valence-electron chi connectivity index (χ2n) is 9.96. The van der Waals surface area contributed by atoms with Crippen molar-refractivity contribution in [2.24, 2.45) is 0 Å². The van der Waals surface area contributed by atoms with E-state index in [1.54, 1.807) is 31.2 Å². The number of aromatic nitrogens is 2. The highest BCUT2D eigenvalue weighted by atomic mass is 32.2. The Morgan fingerprint density at radius 2 is 1.50 bits per heavy atom. The molecule has 1 fully saturated rings. The lowest BCUT2D eigenvalue weighted by molar-refractivity contribution is 0.0730. The molecule has 10 heteroatoms. The molecule has 2 N–H and O–H groups in total. The number of amides is 1. The first-order valence-electron chi connectivity index (χ1n) is 13.6. The first kappa shape index (κ1) is 27.5. The molecule has 0 unspecified atom stereocenters. The number of morpholine rings is 1. The second-order valence-corrected chi connectivity index (χ2v) is 11.9. The zero-order chi connectivity index (χ0) is 29.1. The number of ether oxygens (including phenoxy) is 1. The van der Waals surface area contributed by atoms with Gasteiger partial charge in [0.15, 0.2) is 5.82 Å². The number of sulfonamides is 1. The molecule has 0 spiro atoms. The van der Waals surface area contributed by atoms with Crippen LogP contribution in [0.1, 0.15) is 15.9 Å². The number of carbonyl (C=O) groups excluding carboxylic acids is 1. The first-order chi connectivity index (χ1) is 20.4. The molecule has 0 radical (unpaired) electrons. The van der Waals surface area contributed by atoms with E-state index in [4.69, 9.17) is 4.74 Å². The molecule has 1 saturated heterocycles. The number of aryl methyl sites for hydroxylation is 1. The lowest BCUT2D eigenvalue weighted by Crippen LogP contribution is -2.40. The lowest BCUT2D eigenvalue weighted by atomic mass is 10.0. The summed E-state index contributed by atoms with van der Waals surface area (Å²) in [5.74, 6) is 0.347. The van der Waals surface area contributed by atoms with E-state index in [0.29, 0.717) is 54.5 Å². The number of nitrogens with zero attached hydrogens (tertiary/aromatic N) is 3. The van der Waals surface area contributed by atoms with Crippen LogP contribution in [0, 0.1) is 6.92 Å². The Bertz CT molecular complexity index is 1860. The monoisotopic (exact) mass is 579 g/mol. The quantitative estimate of drug-likeness (QED) is 0.257. The van der Waals surface area contributed by atoms with Crippen LogP contribution in [0.3, 0.4) is 0 Å². The van der Waals surface area contributed by atoms with Gasteiger partial charge in [-0.05, 0) is 55.0 Å². The molecule has 0 saturated carbocycles. The van der Waals surface area contributed by atoms with E-state index in [9.17, 15) is 13.2 Å². The van der Waals surface area contributed by atoms with Crippen molar-refractivity contribution in [3.8, 4) is 11.3 Å². The normalized spacial score (nSPS) is 14.0. The second kappa shape index (κ2) is 11.7. The third-order valence-corrected chi connectivity index (χ3v) is 9.22. The molecule has 212 valence electrons. The van der Waals surface area contributed by atoms with Gasteiger partial charge < -0.3 is 15.4 Å². The molecule has 2 heterocycles. The molecular weight excluding hydrogens is 550 g/mol. The highest BCUT2D eigenvalue weighted by Gasteiger charge is 2.28. The number of carbonyl (C=O) groups is 1. The maximum atomic E-state index is 13.5. The van der Waals surface area contributed by atoms with Gasteiger partial charge in [-0.2, -0.15) is 4.31 Å². The largest absolute Gasteiger partial charge is 0.379 e. The van der Waals surface area contributed by atoms with Gasteiger partial charge in [-0.3, -0.25) is 4.79 Å². The van der Waals surface area contributed by atoms with Crippen molar-refractivity contribution < 1.29 is 17.9 Å². The molecule has 4 aromatic carbocycles. The van der Waals surface area contributed by atoms with Gasteiger partial charge in [-0.25, -0.2) is 8.42 Å². The zero-order valence-electron chi connectivity index (χ0n) is 22.9. The van der Waals surface area contributed by atoms with Crippen molar-refractivity contribution in [1.82, 2.24) is 14.5 Å². The lowest BCUT2D eigenvalue weighted by Gasteiger charge is -2.26. The summed E-state index contributed by atoms with van der Waals surface area (Å²) in [5.41, 5.74) is 3.91. The summed E-state index contributed by atoms with van der Waals surface area (Å²) >= 11 is 0. The Morgan fingerprint density at radius 3 is 2.24 bits per heavy atom. The number of benzene rings is 4.